The summed E-state index contributed by atoms with van der Waals surface area (Å²) < 4.78 is 22.9. The van der Waals surface area contributed by atoms with Gasteiger partial charge < -0.3 is 15.9 Å². The monoisotopic (exact) mass is 245 g/mol. The van der Waals surface area contributed by atoms with Crippen molar-refractivity contribution in [1.82, 2.24) is 0 Å². The normalized spacial score (nSPS) is 10.2. The van der Waals surface area contributed by atoms with Crippen LogP contribution in [0.25, 0.3) is 0 Å². The zero-order valence-electron chi connectivity index (χ0n) is 6.41. The molecule has 4 N–H and O–H groups in total. The Morgan fingerprint density at radius 3 is 1.77 bits per heavy atom. The fourth-order valence-corrected chi connectivity index (χ4v) is 0.427. The van der Waals surface area contributed by atoms with Gasteiger partial charge in [0.25, 0.3) is 15.2 Å². The molecule has 0 amide bonds. The molecule has 0 heterocycles. The molecule has 0 aliphatic carbocycles. The highest BCUT2D eigenvalue weighted by atomic mass is 32.2. The van der Waals surface area contributed by atoms with Gasteiger partial charge in [-0.15, -0.1) is 0 Å². The maximum absolute atomic E-state index is 10.1. The SMILES string of the molecule is CS(=O)(=O)N=NC(O)=S.NC(O)=S. The maximum Gasteiger partial charge on any atom is 0.300 e. The number of nitrogens with zero attached hydrogens (tertiary/aromatic N) is 2. The third kappa shape index (κ3) is 35.3. The molecule has 0 spiro atoms. The summed E-state index contributed by atoms with van der Waals surface area (Å²) in [5.41, 5.74) is 4.40. The van der Waals surface area contributed by atoms with Crippen molar-refractivity contribution in [2.45, 2.75) is 0 Å². The van der Waals surface area contributed by atoms with Crippen LogP contribution >= 0.6 is 24.4 Å². The standard InChI is InChI=1S/C2H4N2O3S2.CH3NOS/c1-9(6,7)4-3-2(5)8;2-1(3)4/h1H3,(H,5,8);(H3,2,3,4). The quantitative estimate of drug-likeness (QED) is 0.439. The number of hydrogen-bond acceptors (Lipinski definition) is 4. The molecule has 0 radical (unpaired) electrons. The van der Waals surface area contributed by atoms with E-state index in [1.54, 1.807) is 0 Å². The smallest absolute Gasteiger partial charge is 0.300 e. The molecule has 7 nitrogen and oxygen atoms in total. The van der Waals surface area contributed by atoms with Crippen LogP contribution in [0.3, 0.4) is 0 Å². The summed E-state index contributed by atoms with van der Waals surface area (Å²) in [6.07, 6.45) is 0.842. The van der Waals surface area contributed by atoms with Crippen LogP contribution in [0.15, 0.2) is 9.63 Å². The summed E-state index contributed by atoms with van der Waals surface area (Å²) in [6, 6.07) is 0. The number of sulfonamides is 1. The van der Waals surface area contributed by atoms with E-state index in [2.05, 4.69) is 39.8 Å². The van der Waals surface area contributed by atoms with Crippen LogP contribution in [-0.2, 0) is 10.0 Å². The van der Waals surface area contributed by atoms with E-state index in [0.29, 0.717) is 0 Å². The molecule has 0 saturated heterocycles. The first kappa shape index (κ1) is 14.6. The van der Waals surface area contributed by atoms with Gasteiger partial charge in [-0.25, -0.2) is 8.42 Å². The Hall–Kier alpha value is -0.870. The van der Waals surface area contributed by atoms with E-state index in [1.165, 1.54) is 0 Å². The lowest BCUT2D eigenvalue weighted by Gasteiger charge is -1.80. The van der Waals surface area contributed by atoms with Crippen LogP contribution in [0.2, 0.25) is 0 Å². The second-order valence-corrected chi connectivity index (χ2v) is 3.95. The summed E-state index contributed by atoms with van der Waals surface area (Å²) in [6.45, 7) is 0. The molecule has 10 heteroatoms. The first-order valence-electron chi connectivity index (χ1n) is 2.49. The van der Waals surface area contributed by atoms with Crippen molar-refractivity contribution in [3.8, 4) is 0 Å². The average molecular weight is 245 g/mol. The van der Waals surface area contributed by atoms with Crippen LogP contribution in [0, 0.1) is 0 Å². The highest BCUT2D eigenvalue weighted by molar-refractivity contribution is 7.89. The van der Waals surface area contributed by atoms with Crippen LogP contribution in [0.4, 0.5) is 0 Å². The van der Waals surface area contributed by atoms with E-state index in [4.69, 9.17) is 10.2 Å². The molecule has 0 aromatic rings. The van der Waals surface area contributed by atoms with E-state index < -0.39 is 20.4 Å². The van der Waals surface area contributed by atoms with Crippen molar-refractivity contribution in [3.05, 3.63) is 0 Å². The number of hydrogen-bond donors (Lipinski definition) is 3. The maximum atomic E-state index is 10.1. The predicted octanol–water partition coefficient (Wildman–Crippen LogP) is 0.0291. The largest absolute Gasteiger partial charge is 0.487 e. The van der Waals surface area contributed by atoms with E-state index >= 15 is 0 Å². The minimum Gasteiger partial charge on any atom is -0.487 e. The number of nitrogens with two attached hydrogens (primary N) is 1. The molecular weight excluding hydrogens is 238 g/mol. The zero-order valence-corrected chi connectivity index (χ0v) is 8.86. The van der Waals surface area contributed by atoms with Crippen LogP contribution in [-0.4, -0.2) is 35.2 Å². The Kier molecular flexibility index (Phi) is 7.46. The lowest BCUT2D eigenvalue weighted by Crippen LogP contribution is -2.03. The lowest BCUT2D eigenvalue weighted by atomic mass is 11.4. The molecule has 13 heavy (non-hydrogen) atoms. The van der Waals surface area contributed by atoms with Gasteiger partial charge in [-0.2, -0.15) is 0 Å². The van der Waals surface area contributed by atoms with Gasteiger partial charge in [0.2, 0.25) is 0 Å². The van der Waals surface area contributed by atoms with E-state index in [1.807, 2.05) is 0 Å². The number of thiocarbonyl (C=S) groups is 2. The highest BCUT2D eigenvalue weighted by Gasteiger charge is 1.94. The Bertz CT molecular complexity index is 304. The fraction of sp³-hybridized carbons (Fsp3) is 0.333. The second kappa shape index (κ2) is 6.62. The van der Waals surface area contributed by atoms with Crippen molar-refractivity contribution in [1.29, 1.82) is 0 Å². The zero-order chi connectivity index (χ0) is 11.1. The lowest BCUT2D eigenvalue weighted by molar-refractivity contribution is 0.554. The van der Waals surface area contributed by atoms with Gasteiger partial charge in [-0.05, 0) is 24.4 Å². The molecule has 0 aromatic carbocycles. The van der Waals surface area contributed by atoms with Gasteiger partial charge >= 0.3 is 5.17 Å². The van der Waals surface area contributed by atoms with Crippen molar-refractivity contribution in [3.63, 3.8) is 0 Å². The van der Waals surface area contributed by atoms with Crippen LogP contribution in [0.5, 0.6) is 0 Å². The van der Waals surface area contributed by atoms with Gasteiger partial charge in [0.05, 0.1) is 6.26 Å². The van der Waals surface area contributed by atoms with Gasteiger partial charge in [-0.3, -0.25) is 0 Å². The highest BCUT2D eigenvalue weighted by Crippen LogP contribution is 1.86. The number of rotatable bonds is 1. The van der Waals surface area contributed by atoms with Crippen LogP contribution in [0.1, 0.15) is 0 Å². The third-order valence-corrected chi connectivity index (χ3v) is 0.735. The molecule has 0 bridgehead atoms. The van der Waals surface area contributed by atoms with Gasteiger partial charge in [0.1, 0.15) is 0 Å². The Morgan fingerprint density at radius 1 is 1.38 bits per heavy atom. The van der Waals surface area contributed by atoms with Crippen molar-refractivity contribution in [2.24, 2.45) is 15.4 Å². The van der Waals surface area contributed by atoms with Gasteiger partial charge in [0.15, 0.2) is 0 Å². The van der Waals surface area contributed by atoms with E-state index in [0.717, 1.165) is 6.26 Å². The van der Waals surface area contributed by atoms with Crippen molar-refractivity contribution >= 4 is 44.8 Å². The van der Waals surface area contributed by atoms with E-state index in [9.17, 15) is 8.42 Å². The molecule has 0 atom stereocenters. The number of aliphatic hydroxyl groups is 2. The Balaban J connectivity index is 0. The summed E-state index contributed by atoms with van der Waals surface area (Å²) in [5, 5.41) is 17.1. The first-order chi connectivity index (χ1) is 5.65. The van der Waals surface area contributed by atoms with Crippen LogP contribution < -0.4 is 5.73 Å². The molecular formula is C3H7N3O4S3. The molecule has 76 valence electrons. The molecule has 0 fully saturated rings. The minimum atomic E-state index is -3.51. The topological polar surface area (TPSA) is 125 Å². The van der Waals surface area contributed by atoms with Gasteiger partial charge in [-0.1, -0.05) is 9.63 Å². The summed E-state index contributed by atoms with van der Waals surface area (Å²) >= 11 is 7.86. The summed E-state index contributed by atoms with van der Waals surface area (Å²) in [7, 11) is -3.51. The molecule has 0 unspecified atom stereocenters. The van der Waals surface area contributed by atoms with Crippen molar-refractivity contribution in [2.75, 3.05) is 6.26 Å². The first-order valence-corrected chi connectivity index (χ1v) is 5.16. The van der Waals surface area contributed by atoms with E-state index in [-0.39, 0.29) is 0 Å². The fourth-order valence-electron chi connectivity index (χ4n) is 0.109. The second-order valence-electron chi connectivity index (χ2n) is 1.54. The molecule has 0 aliphatic rings. The predicted molar refractivity (Wildman–Crippen MR) is 54.3 cm³/mol. The summed E-state index contributed by atoms with van der Waals surface area (Å²) in [4.78, 5) is 0. The Labute approximate surface area is 85.3 Å². The molecule has 0 rings (SSSR count). The minimum absolute atomic E-state index is 0.500. The molecule has 0 aromatic heterocycles. The average Bonchev–Trinajstić information content (AvgIpc) is 1.80. The van der Waals surface area contributed by atoms with Gasteiger partial charge in [0, 0.05) is 0 Å². The molecule has 0 aliphatic heterocycles. The molecule has 0 saturated carbocycles. The third-order valence-electron chi connectivity index (χ3n) is 0.275. The van der Waals surface area contributed by atoms with Crippen molar-refractivity contribution < 1.29 is 18.6 Å². The number of aliphatic hydroxyl groups excluding tert-OH is 2. The summed E-state index contributed by atoms with van der Waals surface area (Å²) in [5.74, 6) is 0. The Morgan fingerprint density at radius 2 is 1.69 bits per heavy atom.